The lowest BCUT2D eigenvalue weighted by molar-refractivity contribution is 0.0951. The van der Waals surface area contributed by atoms with Crippen LogP contribution in [0.3, 0.4) is 0 Å². The number of hydrogen-bond acceptors (Lipinski definition) is 4. The summed E-state index contributed by atoms with van der Waals surface area (Å²) in [5, 5.41) is 7.70. The van der Waals surface area contributed by atoms with Gasteiger partial charge in [-0.05, 0) is 31.5 Å². The van der Waals surface area contributed by atoms with Gasteiger partial charge >= 0.3 is 4.87 Å². The molecule has 0 saturated carbocycles. The summed E-state index contributed by atoms with van der Waals surface area (Å²) >= 11 is 1.09. The number of carbonyl (C=O) groups excluding carboxylic acids is 1. The first kappa shape index (κ1) is 14.3. The SMILES string of the molecule is CCNc1cc(C)ccc1C(=O)NCc1csc(=O)[nH]1. The number of hydrogen-bond donors (Lipinski definition) is 3. The molecule has 2 aromatic rings. The van der Waals surface area contributed by atoms with Crippen molar-refractivity contribution in [2.45, 2.75) is 20.4 Å². The minimum absolute atomic E-state index is 0.113. The van der Waals surface area contributed by atoms with Crippen molar-refractivity contribution in [3.63, 3.8) is 0 Å². The highest BCUT2D eigenvalue weighted by molar-refractivity contribution is 7.07. The molecular weight excluding hydrogens is 274 g/mol. The van der Waals surface area contributed by atoms with E-state index in [1.165, 1.54) is 0 Å². The van der Waals surface area contributed by atoms with Crippen LogP contribution in [-0.2, 0) is 6.54 Å². The van der Waals surface area contributed by atoms with Crippen LogP contribution in [0.4, 0.5) is 5.69 Å². The first-order valence-electron chi connectivity index (χ1n) is 6.39. The Morgan fingerprint density at radius 1 is 1.40 bits per heavy atom. The van der Waals surface area contributed by atoms with E-state index in [4.69, 9.17) is 0 Å². The Morgan fingerprint density at radius 3 is 2.85 bits per heavy atom. The monoisotopic (exact) mass is 291 g/mol. The quantitative estimate of drug-likeness (QED) is 0.790. The molecule has 20 heavy (non-hydrogen) atoms. The van der Waals surface area contributed by atoms with Crippen LogP contribution in [0.2, 0.25) is 0 Å². The van der Waals surface area contributed by atoms with Crippen LogP contribution in [0.1, 0.15) is 28.5 Å². The van der Waals surface area contributed by atoms with Crippen LogP contribution in [0.15, 0.2) is 28.4 Å². The standard InChI is InChI=1S/C14H17N3O2S/c1-3-15-12-6-9(2)4-5-11(12)13(18)16-7-10-8-20-14(19)17-10/h4-6,8,15H,3,7H2,1-2H3,(H,16,18)(H,17,19). The second kappa shape index (κ2) is 6.38. The molecule has 0 aliphatic rings. The lowest BCUT2D eigenvalue weighted by Crippen LogP contribution is -2.24. The Kier molecular flexibility index (Phi) is 4.57. The summed E-state index contributed by atoms with van der Waals surface area (Å²) in [6.07, 6.45) is 0. The smallest absolute Gasteiger partial charge is 0.304 e. The Bertz CT molecular complexity index is 660. The number of nitrogens with one attached hydrogen (secondary N) is 3. The second-order valence-electron chi connectivity index (χ2n) is 4.44. The molecule has 1 aromatic carbocycles. The first-order valence-corrected chi connectivity index (χ1v) is 7.27. The van der Waals surface area contributed by atoms with Crippen molar-refractivity contribution in [3.8, 4) is 0 Å². The fraction of sp³-hybridized carbons (Fsp3) is 0.286. The van der Waals surface area contributed by atoms with E-state index in [0.717, 1.165) is 29.1 Å². The maximum Gasteiger partial charge on any atom is 0.304 e. The third kappa shape index (κ3) is 3.48. The first-order chi connectivity index (χ1) is 9.60. The van der Waals surface area contributed by atoms with E-state index < -0.39 is 0 Å². The van der Waals surface area contributed by atoms with Gasteiger partial charge in [0.2, 0.25) is 0 Å². The lowest BCUT2D eigenvalue weighted by Gasteiger charge is -2.11. The van der Waals surface area contributed by atoms with E-state index in [2.05, 4.69) is 15.6 Å². The third-order valence-corrected chi connectivity index (χ3v) is 3.52. The van der Waals surface area contributed by atoms with Crippen LogP contribution in [-0.4, -0.2) is 17.4 Å². The molecule has 1 amide bonds. The summed E-state index contributed by atoms with van der Waals surface area (Å²) in [6.45, 7) is 5.04. The van der Waals surface area contributed by atoms with E-state index >= 15 is 0 Å². The molecule has 0 fully saturated rings. The molecule has 0 unspecified atom stereocenters. The van der Waals surface area contributed by atoms with Gasteiger partial charge in [0.25, 0.3) is 5.91 Å². The molecule has 5 nitrogen and oxygen atoms in total. The van der Waals surface area contributed by atoms with Gasteiger partial charge in [0.1, 0.15) is 0 Å². The highest BCUT2D eigenvalue weighted by Gasteiger charge is 2.11. The Hall–Kier alpha value is -2.08. The number of carbonyl (C=O) groups is 1. The number of thiazole rings is 1. The molecule has 0 bridgehead atoms. The number of H-pyrrole nitrogens is 1. The van der Waals surface area contributed by atoms with Gasteiger partial charge in [-0.1, -0.05) is 17.4 Å². The highest BCUT2D eigenvalue weighted by atomic mass is 32.1. The van der Waals surface area contributed by atoms with Crippen molar-refractivity contribution >= 4 is 22.9 Å². The zero-order chi connectivity index (χ0) is 14.5. The van der Waals surface area contributed by atoms with Crippen molar-refractivity contribution < 1.29 is 4.79 Å². The summed E-state index contributed by atoms with van der Waals surface area (Å²) in [7, 11) is 0. The highest BCUT2D eigenvalue weighted by Crippen LogP contribution is 2.17. The Balaban J connectivity index is 2.10. The van der Waals surface area contributed by atoms with Crippen LogP contribution < -0.4 is 15.5 Å². The van der Waals surface area contributed by atoms with Crippen molar-refractivity contribution in [1.82, 2.24) is 10.3 Å². The largest absolute Gasteiger partial charge is 0.385 e. The predicted octanol–water partition coefficient (Wildman–Crippen LogP) is 2.11. The average Bonchev–Trinajstić information content (AvgIpc) is 2.82. The number of benzene rings is 1. The number of anilines is 1. The van der Waals surface area contributed by atoms with Crippen molar-refractivity contribution in [3.05, 3.63) is 50.1 Å². The summed E-state index contributed by atoms with van der Waals surface area (Å²) in [6, 6.07) is 5.66. The molecule has 6 heteroatoms. The lowest BCUT2D eigenvalue weighted by atomic mass is 10.1. The van der Waals surface area contributed by atoms with Crippen molar-refractivity contribution in [2.24, 2.45) is 0 Å². The van der Waals surface area contributed by atoms with Gasteiger partial charge < -0.3 is 15.6 Å². The summed E-state index contributed by atoms with van der Waals surface area (Å²) in [4.78, 5) is 25.8. The maximum absolute atomic E-state index is 12.2. The third-order valence-electron chi connectivity index (χ3n) is 2.80. The molecule has 106 valence electrons. The van der Waals surface area contributed by atoms with E-state index in [-0.39, 0.29) is 10.8 Å². The normalized spacial score (nSPS) is 10.3. The fourth-order valence-corrected chi connectivity index (χ4v) is 2.45. The molecule has 0 aliphatic heterocycles. The van der Waals surface area contributed by atoms with Crippen LogP contribution in [0.25, 0.3) is 0 Å². The number of aromatic amines is 1. The molecule has 0 saturated heterocycles. The van der Waals surface area contributed by atoms with Crippen LogP contribution >= 0.6 is 11.3 Å². The van der Waals surface area contributed by atoms with E-state index in [0.29, 0.717) is 17.8 Å². The number of aromatic nitrogens is 1. The summed E-state index contributed by atoms with van der Waals surface area (Å²) in [5.74, 6) is -0.159. The summed E-state index contributed by atoms with van der Waals surface area (Å²) in [5.41, 5.74) is 3.24. The molecule has 1 heterocycles. The maximum atomic E-state index is 12.2. The molecule has 0 spiro atoms. The second-order valence-corrected chi connectivity index (χ2v) is 5.28. The molecule has 0 radical (unpaired) electrons. The molecule has 0 atom stereocenters. The van der Waals surface area contributed by atoms with E-state index in [1.54, 1.807) is 11.4 Å². The Morgan fingerprint density at radius 2 is 2.20 bits per heavy atom. The number of rotatable bonds is 5. The topological polar surface area (TPSA) is 74.0 Å². The van der Waals surface area contributed by atoms with Gasteiger partial charge in [0.15, 0.2) is 0 Å². The number of amides is 1. The minimum Gasteiger partial charge on any atom is -0.385 e. The van der Waals surface area contributed by atoms with Gasteiger partial charge in [-0.25, -0.2) is 0 Å². The van der Waals surface area contributed by atoms with Gasteiger partial charge in [-0.3, -0.25) is 9.59 Å². The molecular formula is C14H17N3O2S. The van der Waals surface area contributed by atoms with Gasteiger partial charge in [-0.15, -0.1) is 0 Å². The minimum atomic E-state index is -0.159. The Labute approximate surface area is 121 Å². The van der Waals surface area contributed by atoms with Gasteiger partial charge in [0.05, 0.1) is 12.1 Å². The predicted molar refractivity (Wildman–Crippen MR) is 81.5 cm³/mol. The average molecular weight is 291 g/mol. The number of aryl methyl sites for hydroxylation is 1. The fourth-order valence-electron chi connectivity index (χ4n) is 1.86. The summed E-state index contributed by atoms with van der Waals surface area (Å²) < 4.78 is 0. The van der Waals surface area contributed by atoms with Crippen LogP contribution in [0, 0.1) is 6.92 Å². The van der Waals surface area contributed by atoms with Crippen molar-refractivity contribution in [1.29, 1.82) is 0 Å². The zero-order valence-electron chi connectivity index (χ0n) is 11.4. The zero-order valence-corrected chi connectivity index (χ0v) is 12.3. The van der Waals surface area contributed by atoms with E-state index in [9.17, 15) is 9.59 Å². The molecule has 0 aliphatic carbocycles. The molecule has 2 rings (SSSR count). The van der Waals surface area contributed by atoms with Gasteiger partial charge in [-0.2, -0.15) is 0 Å². The molecule has 3 N–H and O–H groups in total. The van der Waals surface area contributed by atoms with Crippen LogP contribution in [0.5, 0.6) is 0 Å². The van der Waals surface area contributed by atoms with Gasteiger partial charge in [0, 0.05) is 23.3 Å². The molecule has 1 aromatic heterocycles. The van der Waals surface area contributed by atoms with Crippen molar-refractivity contribution in [2.75, 3.05) is 11.9 Å². The van der Waals surface area contributed by atoms with E-state index in [1.807, 2.05) is 26.0 Å².